The molecule has 0 fully saturated rings. The van der Waals surface area contributed by atoms with Gasteiger partial charge in [-0.15, -0.1) is 0 Å². The second-order valence-electron chi connectivity index (χ2n) is 7.81. The molecule has 0 saturated carbocycles. The number of benzene rings is 2. The van der Waals surface area contributed by atoms with E-state index in [1.165, 1.54) is 16.8 Å². The second-order valence-corrected chi connectivity index (χ2v) is 9.00. The number of rotatable bonds is 9. The Hall–Kier alpha value is -3.36. The lowest BCUT2D eigenvalue weighted by molar-refractivity contribution is -0.712. The van der Waals surface area contributed by atoms with Gasteiger partial charge in [0.05, 0.1) is 11.9 Å². The summed E-state index contributed by atoms with van der Waals surface area (Å²) in [4.78, 5) is 19.6. The fourth-order valence-corrected chi connectivity index (χ4v) is 3.83. The normalized spacial score (nSPS) is 13.0. The molecule has 2 aromatic carbocycles. The number of hydrogen-bond acceptors (Lipinski definition) is 6. The summed E-state index contributed by atoms with van der Waals surface area (Å²) < 4.78 is 35.3. The van der Waals surface area contributed by atoms with Crippen molar-refractivity contribution >= 4 is 13.6 Å². The molecule has 2 aromatic heterocycles. The van der Waals surface area contributed by atoms with Gasteiger partial charge in [0.1, 0.15) is 11.4 Å². The number of pyridine rings is 1. The number of aromatic nitrogens is 2. The SMILES string of the molecule is Nc1c(-c2cc(Cc3ccc(CCc4cccc(F)c4)cc3)no2)ccc[n+]1COP(=O)([O-])O. The zero-order valence-electron chi connectivity index (χ0n) is 18.1. The third-order valence-electron chi connectivity index (χ3n) is 5.30. The first-order valence-electron chi connectivity index (χ1n) is 10.5. The minimum Gasteiger partial charge on any atom is -0.756 e. The van der Waals surface area contributed by atoms with Crippen LogP contribution in [0.15, 0.2) is 77.4 Å². The number of aryl methyl sites for hydroxylation is 2. The predicted octanol–water partition coefficient (Wildman–Crippen LogP) is 3.16. The van der Waals surface area contributed by atoms with Crippen molar-refractivity contribution < 1.29 is 32.4 Å². The lowest BCUT2D eigenvalue weighted by atomic mass is 10.0. The van der Waals surface area contributed by atoms with Crippen molar-refractivity contribution in [1.82, 2.24) is 5.16 Å². The van der Waals surface area contributed by atoms with Crippen LogP contribution in [0.25, 0.3) is 11.3 Å². The van der Waals surface area contributed by atoms with Crippen LogP contribution in [0.3, 0.4) is 0 Å². The summed E-state index contributed by atoms with van der Waals surface area (Å²) in [6.07, 6.45) is 3.64. The Morgan fingerprint density at radius 2 is 1.79 bits per heavy atom. The van der Waals surface area contributed by atoms with Crippen molar-refractivity contribution in [1.29, 1.82) is 0 Å². The van der Waals surface area contributed by atoms with Crippen molar-refractivity contribution in [3.63, 3.8) is 0 Å². The van der Waals surface area contributed by atoms with Gasteiger partial charge in [0.15, 0.2) is 12.5 Å². The monoisotopic (exact) mass is 483 g/mol. The van der Waals surface area contributed by atoms with Crippen molar-refractivity contribution in [3.05, 3.63) is 101 Å². The summed E-state index contributed by atoms with van der Waals surface area (Å²) in [5.41, 5.74) is 10.5. The standard InChI is InChI=1S/C24H23FN3O5P/c25-20-4-1-3-18(13-20)9-6-17-7-10-19(11-8-17)14-21-15-23(33-27-21)22-5-2-12-28(24(22)26)16-32-34(29,30)31/h1-5,7-8,10-13,15,26H,6,9,14,16H2,(H2,29,30,31). The highest BCUT2D eigenvalue weighted by Crippen LogP contribution is 2.30. The van der Waals surface area contributed by atoms with Crippen LogP contribution >= 0.6 is 7.82 Å². The van der Waals surface area contributed by atoms with Crippen LogP contribution in [0.4, 0.5) is 10.2 Å². The van der Waals surface area contributed by atoms with E-state index in [1.807, 2.05) is 30.3 Å². The lowest BCUT2D eigenvalue weighted by Crippen LogP contribution is -2.38. The average molecular weight is 483 g/mol. The molecule has 4 aromatic rings. The van der Waals surface area contributed by atoms with Crippen LogP contribution in [-0.2, 0) is 35.1 Å². The summed E-state index contributed by atoms with van der Waals surface area (Å²) in [6, 6.07) is 19.9. The van der Waals surface area contributed by atoms with Gasteiger partial charge in [0.25, 0.3) is 13.6 Å². The quantitative estimate of drug-likeness (QED) is 0.277. The van der Waals surface area contributed by atoms with E-state index < -0.39 is 14.6 Å². The molecule has 0 bridgehead atoms. The number of hydrogen-bond donors (Lipinski definition) is 2. The number of phosphoric acid groups is 1. The number of halogens is 1. The number of anilines is 1. The molecule has 0 radical (unpaired) electrons. The van der Waals surface area contributed by atoms with Crippen molar-refractivity contribution in [2.24, 2.45) is 0 Å². The molecule has 34 heavy (non-hydrogen) atoms. The van der Waals surface area contributed by atoms with Crippen LogP contribution in [0.1, 0.15) is 22.4 Å². The lowest BCUT2D eigenvalue weighted by Gasteiger charge is -2.14. The Bertz CT molecular complexity index is 1320. The highest BCUT2D eigenvalue weighted by Gasteiger charge is 2.18. The minimum absolute atomic E-state index is 0.196. The van der Waals surface area contributed by atoms with E-state index in [4.69, 9.17) is 15.2 Å². The Morgan fingerprint density at radius 3 is 2.53 bits per heavy atom. The number of nitrogens with two attached hydrogens (primary N) is 1. The van der Waals surface area contributed by atoms with Gasteiger partial charge in [0.2, 0.25) is 0 Å². The highest BCUT2D eigenvalue weighted by atomic mass is 31.2. The maximum absolute atomic E-state index is 13.3. The van der Waals surface area contributed by atoms with Crippen molar-refractivity contribution in [2.75, 3.05) is 5.73 Å². The first-order valence-corrected chi connectivity index (χ1v) is 12.0. The van der Waals surface area contributed by atoms with Gasteiger partial charge in [-0.25, -0.2) is 8.96 Å². The fourth-order valence-electron chi connectivity index (χ4n) is 3.56. The van der Waals surface area contributed by atoms with Gasteiger partial charge < -0.3 is 14.3 Å². The van der Waals surface area contributed by atoms with Gasteiger partial charge in [-0.3, -0.25) is 14.8 Å². The van der Waals surface area contributed by atoms with Gasteiger partial charge in [-0.2, -0.15) is 0 Å². The molecule has 10 heteroatoms. The van der Waals surface area contributed by atoms with Gasteiger partial charge in [-0.1, -0.05) is 41.6 Å². The van der Waals surface area contributed by atoms with Crippen molar-refractivity contribution in [3.8, 4) is 11.3 Å². The Labute approximate surface area is 195 Å². The third kappa shape index (κ3) is 6.36. The summed E-state index contributed by atoms with van der Waals surface area (Å²) in [7, 11) is -4.88. The van der Waals surface area contributed by atoms with Crippen LogP contribution in [0.5, 0.6) is 0 Å². The van der Waals surface area contributed by atoms with Crippen LogP contribution in [-0.4, -0.2) is 10.1 Å². The molecule has 2 heterocycles. The molecule has 176 valence electrons. The zero-order chi connectivity index (χ0) is 24.1. The Kier molecular flexibility index (Phi) is 7.19. The number of nitrogen functional groups attached to an aromatic ring is 1. The molecule has 0 aliphatic heterocycles. The van der Waals surface area contributed by atoms with E-state index in [2.05, 4.69) is 9.68 Å². The average Bonchev–Trinajstić information content (AvgIpc) is 3.25. The number of nitrogens with zero attached hydrogens (tertiary/aromatic N) is 2. The maximum atomic E-state index is 13.3. The van der Waals surface area contributed by atoms with Crippen molar-refractivity contribution in [2.45, 2.75) is 26.0 Å². The van der Waals surface area contributed by atoms with Crippen LogP contribution in [0.2, 0.25) is 0 Å². The third-order valence-corrected chi connectivity index (χ3v) is 5.74. The Balaban J connectivity index is 1.40. The largest absolute Gasteiger partial charge is 0.756 e. The topological polar surface area (TPSA) is 126 Å². The molecular formula is C24H23FN3O5P. The van der Waals surface area contributed by atoms with E-state index in [9.17, 15) is 13.8 Å². The molecule has 8 nitrogen and oxygen atoms in total. The fraction of sp³-hybridized carbons (Fsp3) is 0.167. The Morgan fingerprint density at radius 1 is 1.06 bits per heavy atom. The minimum atomic E-state index is -4.88. The van der Waals surface area contributed by atoms with Gasteiger partial charge in [-0.05, 0) is 53.8 Å². The van der Waals surface area contributed by atoms with E-state index in [0.29, 0.717) is 23.4 Å². The highest BCUT2D eigenvalue weighted by molar-refractivity contribution is 7.44. The first-order chi connectivity index (χ1) is 16.3. The molecule has 0 saturated heterocycles. The first kappa shape index (κ1) is 23.8. The summed E-state index contributed by atoms with van der Waals surface area (Å²) in [5, 5.41) is 4.11. The van der Waals surface area contributed by atoms with E-state index in [0.717, 1.165) is 29.5 Å². The molecule has 0 aliphatic carbocycles. The maximum Gasteiger partial charge on any atom is 0.285 e. The molecule has 1 unspecified atom stereocenters. The summed E-state index contributed by atoms with van der Waals surface area (Å²) in [6.45, 7) is -0.469. The molecule has 1 atom stereocenters. The summed E-state index contributed by atoms with van der Waals surface area (Å²) in [5.74, 6) is 0.392. The molecule has 3 N–H and O–H groups in total. The van der Waals surface area contributed by atoms with E-state index in [-0.39, 0.29) is 11.6 Å². The summed E-state index contributed by atoms with van der Waals surface area (Å²) >= 11 is 0. The van der Waals surface area contributed by atoms with Crippen LogP contribution in [0, 0.1) is 5.82 Å². The van der Waals surface area contributed by atoms with Crippen LogP contribution < -0.4 is 15.2 Å². The number of phosphoric ester groups is 1. The van der Waals surface area contributed by atoms with E-state index >= 15 is 0 Å². The van der Waals surface area contributed by atoms with Gasteiger partial charge >= 0.3 is 0 Å². The van der Waals surface area contributed by atoms with Gasteiger partial charge in [0, 0.05) is 12.5 Å². The zero-order valence-corrected chi connectivity index (χ0v) is 19.0. The smallest absolute Gasteiger partial charge is 0.285 e. The molecule has 0 spiro atoms. The molecule has 4 rings (SSSR count). The molecule has 0 aliphatic rings. The molecule has 0 amide bonds. The van der Waals surface area contributed by atoms with E-state index in [1.54, 1.807) is 30.3 Å². The molecular weight excluding hydrogens is 460 g/mol. The predicted molar refractivity (Wildman–Crippen MR) is 121 cm³/mol. The second kappa shape index (κ2) is 10.3.